The molecule has 0 aromatic heterocycles. The summed E-state index contributed by atoms with van der Waals surface area (Å²) in [6.07, 6.45) is 1.75. The minimum Gasteiger partial charge on any atom is -0.493 e. The molecule has 142 valence electrons. The number of carbonyl (C=O) groups is 1. The summed E-state index contributed by atoms with van der Waals surface area (Å²) in [4.78, 5) is 17.4. The van der Waals surface area contributed by atoms with Crippen LogP contribution in [0.4, 0.5) is 5.69 Å². The molecule has 0 spiro atoms. The molecule has 0 radical (unpaired) electrons. The summed E-state index contributed by atoms with van der Waals surface area (Å²) in [5, 5.41) is 12.0. The third-order valence-corrected chi connectivity index (χ3v) is 5.32. The van der Waals surface area contributed by atoms with Gasteiger partial charge in [0.1, 0.15) is 6.07 Å². The van der Waals surface area contributed by atoms with E-state index in [1.807, 2.05) is 37.3 Å². The minimum absolute atomic E-state index is 0.0909. The van der Waals surface area contributed by atoms with Crippen molar-refractivity contribution in [2.24, 2.45) is 4.99 Å². The number of benzene rings is 2. The van der Waals surface area contributed by atoms with Crippen LogP contribution in [0.1, 0.15) is 11.1 Å². The lowest BCUT2D eigenvalue weighted by Gasteiger charge is -2.11. The summed E-state index contributed by atoms with van der Waals surface area (Å²) >= 11 is 4.70. The number of nitrogens with one attached hydrogen (secondary N) is 1. The second-order valence-corrected chi connectivity index (χ2v) is 7.63. The van der Waals surface area contributed by atoms with Gasteiger partial charge in [-0.3, -0.25) is 4.79 Å². The van der Waals surface area contributed by atoms with Gasteiger partial charge in [0.25, 0.3) is 5.91 Å². The lowest BCUT2D eigenvalue weighted by atomic mass is 10.2. The average Bonchev–Trinajstić information content (AvgIpc) is 3.01. The molecule has 0 aliphatic carbocycles. The van der Waals surface area contributed by atoms with Crippen molar-refractivity contribution in [3.05, 3.63) is 56.9 Å². The van der Waals surface area contributed by atoms with E-state index >= 15 is 0 Å². The van der Waals surface area contributed by atoms with Crippen LogP contribution < -0.4 is 14.8 Å². The summed E-state index contributed by atoms with van der Waals surface area (Å²) in [6, 6.07) is 13.2. The third kappa shape index (κ3) is 4.55. The summed E-state index contributed by atoms with van der Waals surface area (Å²) < 4.78 is 11.4. The number of aryl methyl sites for hydroxylation is 1. The van der Waals surface area contributed by atoms with Crippen molar-refractivity contribution in [3.63, 3.8) is 0 Å². The van der Waals surface area contributed by atoms with Crippen LogP contribution >= 0.6 is 27.7 Å². The number of amidine groups is 1. The second-order valence-electron chi connectivity index (χ2n) is 5.75. The van der Waals surface area contributed by atoms with Crippen LogP contribution in [0.15, 0.2) is 50.8 Å². The normalized spacial score (nSPS) is 16.1. The number of nitriles is 1. The number of para-hydroxylation sites is 1. The maximum Gasteiger partial charge on any atom is 0.264 e. The molecule has 0 unspecified atom stereocenters. The van der Waals surface area contributed by atoms with E-state index in [4.69, 9.17) is 14.7 Å². The van der Waals surface area contributed by atoms with Crippen LogP contribution in [0, 0.1) is 18.3 Å². The van der Waals surface area contributed by atoms with Crippen molar-refractivity contribution in [3.8, 4) is 17.6 Å². The first-order valence-corrected chi connectivity index (χ1v) is 9.85. The van der Waals surface area contributed by atoms with Crippen LogP contribution in [-0.2, 0) is 4.79 Å². The fourth-order valence-corrected chi connectivity index (χ4v) is 3.91. The molecule has 0 saturated carbocycles. The van der Waals surface area contributed by atoms with E-state index in [1.54, 1.807) is 18.2 Å². The Balaban J connectivity index is 1.88. The Bertz CT molecular complexity index is 1030. The van der Waals surface area contributed by atoms with Crippen molar-refractivity contribution in [1.29, 1.82) is 5.26 Å². The fourth-order valence-electron chi connectivity index (χ4n) is 2.50. The maximum atomic E-state index is 12.3. The van der Waals surface area contributed by atoms with E-state index in [9.17, 15) is 4.79 Å². The van der Waals surface area contributed by atoms with Gasteiger partial charge in [-0.15, -0.1) is 0 Å². The molecule has 1 fully saturated rings. The Morgan fingerprint density at radius 2 is 2.14 bits per heavy atom. The standard InChI is InChI=1S/C20H16BrN3O3S/c1-12-5-3-4-6-15(12)23-20-24-19(25)17(28-20)11-13-9-14(21)18(27-8-7-22)16(10-13)26-2/h3-6,9-11H,8H2,1-2H3,(H,23,24,25)/b17-11-. The number of methoxy groups -OCH3 is 1. The molecule has 2 aromatic rings. The number of halogens is 1. The summed E-state index contributed by atoms with van der Waals surface area (Å²) in [7, 11) is 1.52. The molecule has 1 amide bonds. The number of amides is 1. The first-order chi connectivity index (χ1) is 13.5. The van der Waals surface area contributed by atoms with Crippen LogP contribution in [0.25, 0.3) is 6.08 Å². The number of carbonyl (C=O) groups excluding carboxylic acids is 1. The SMILES string of the molecule is COc1cc(/C=C2\SC(=Nc3ccccc3C)NC2=O)cc(Br)c1OCC#N. The van der Waals surface area contributed by atoms with Gasteiger partial charge in [0.15, 0.2) is 23.3 Å². The number of ether oxygens (including phenoxy) is 2. The highest BCUT2D eigenvalue weighted by molar-refractivity contribution is 9.10. The van der Waals surface area contributed by atoms with Gasteiger partial charge in [0.2, 0.25) is 0 Å². The number of aliphatic imine (C=N–C) groups is 1. The van der Waals surface area contributed by atoms with Crippen molar-refractivity contribution in [2.45, 2.75) is 6.92 Å². The van der Waals surface area contributed by atoms with Crippen molar-refractivity contribution in [2.75, 3.05) is 13.7 Å². The number of nitrogens with zero attached hydrogens (tertiary/aromatic N) is 2. The monoisotopic (exact) mass is 457 g/mol. The molecule has 8 heteroatoms. The smallest absolute Gasteiger partial charge is 0.264 e. The van der Waals surface area contributed by atoms with Crippen LogP contribution in [-0.4, -0.2) is 24.8 Å². The summed E-state index contributed by atoms with van der Waals surface area (Å²) in [5.74, 6) is 0.697. The summed E-state index contributed by atoms with van der Waals surface area (Å²) in [5.41, 5.74) is 2.60. The Kier molecular flexibility index (Phi) is 6.39. The molecule has 1 saturated heterocycles. The van der Waals surface area contributed by atoms with E-state index in [-0.39, 0.29) is 12.5 Å². The molecule has 1 aliphatic heterocycles. The zero-order chi connectivity index (χ0) is 20.1. The van der Waals surface area contributed by atoms with E-state index in [1.165, 1.54) is 18.9 Å². The van der Waals surface area contributed by atoms with Crippen molar-refractivity contribution < 1.29 is 14.3 Å². The maximum absolute atomic E-state index is 12.3. The number of hydrogen-bond acceptors (Lipinski definition) is 6. The van der Waals surface area contributed by atoms with Gasteiger partial charge in [-0.1, -0.05) is 18.2 Å². The lowest BCUT2D eigenvalue weighted by Crippen LogP contribution is -2.19. The van der Waals surface area contributed by atoms with Crippen LogP contribution in [0.2, 0.25) is 0 Å². The number of hydrogen-bond donors (Lipinski definition) is 1. The van der Waals surface area contributed by atoms with Gasteiger partial charge in [-0.25, -0.2) is 4.99 Å². The Morgan fingerprint density at radius 1 is 1.36 bits per heavy atom. The molecule has 28 heavy (non-hydrogen) atoms. The highest BCUT2D eigenvalue weighted by Gasteiger charge is 2.24. The quantitative estimate of drug-likeness (QED) is 0.665. The van der Waals surface area contributed by atoms with Gasteiger partial charge in [-0.05, 0) is 70.0 Å². The Labute approximate surface area is 175 Å². The predicted molar refractivity (Wildman–Crippen MR) is 114 cm³/mol. The molecular formula is C20H16BrN3O3S. The first kappa shape index (κ1) is 20.0. The van der Waals surface area contributed by atoms with Crippen LogP contribution in [0.3, 0.4) is 0 Å². The molecule has 1 N–H and O–H groups in total. The van der Waals surface area contributed by atoms with Gasteiger partial charge in [0.05, 0.1) is 22.2 Å². The molecule has 6 nitrogen and oxygen atoms in total. The second kappa shape index (κ2) is 8.95. The first-order valence-electron chi connectivity index (χ1n) is 8.24. The fraction of sp³-hybridized carbons (Fsp3) is 0.150. The number of thioether (sulfide) groups is 1. The number of rotatable bonds is 5. The molecule has 1 heterocycles. The van der Waals surface area contributed by atoms with E-state index < -0.39 is 0 Å². The third-order valence-electron chi connectivity index (χ3n) is 3.82. The van der Waals surface area contributed by atoms with Gasteiger partial charge in [0, 0.05) is 0 Å². The topological polar surface area (TPSA) is 83.7 Å². The molecular weight excluding hydrogens is 442 g/mol. The van der Waals surface area contributed by atoms with Gasteiger partial charge < -0.3 is 14.8 Å². The van der Waals surface area contributed by atoms with Gasteiger partial charge in [-0.2, -0.15) is 5.26 Å². The van der Waals surface area contributed by atoms with E-state index in [0.717, 1.165) is 16.8 Å². The van der Waals surface area contributed by atoms with Crippen LogP contribution in [0.5, 0.6) is 11.5 Å². The van der Waals surface area contributed by atoms with Crippen molar-refractivity contribution >= 4 is 50.5 Å². The Morgan fingerprint density at radius 3 is 2.86 bits per heavy atom. The lowest BCUT2D eigenvalue weighted by molar-refractivity contribution is -0.115. The predicted octanol–water partition coefficient (Wildman–Crippen LogP) is 4.56. The Hall–Kier alpha value is -2.76. The zero-order valence-corrected chi connectivity index (χ0v) is 17.6. The molecule has 3 rings (SSSR count). The highest BCUT2D eigenvalue weighted by Crippen LogP contribution is 2.38. The highest BCUT2D eigenvalue weighted by atomic mass is 79.9. The summed E-state index contributed by atoms with van der Waals surface area (Å²) in [6.45, 7) is 1.88. The molecule has 0 atom stereocenters. The van der Waals surface area contributed by atoms with E-state index in [2.05, 4.69) is 26.2 Å². The molecule has 1 aliphatic rings. The van der Waals surface area contributed by atoms with E-state index in [0.29, 0.717) is 26.0 Å². The molecule has 2 aromatic carbocycles. The minimum atomic E-state index is -0.211. The zero-order valence-electron chi connectivity index (χ0n) is 15.2. The largest absolute Gasteiger partial charge is 0.493 e. The average molecular weight is 458 g/mol. The molecule has 0 bridgehead atoms. The van der Waals surface area contributed by atoms with Crippen molar-refractivity contribution in [1.82, 2.24) is 5.32 Å². The van der Waals surface area contributed by atoms with Gasteiger partial charge >= 0.3 is 0 Å².